The summed E-state index contributed by atoms with van der Waals surface area (Å²) in [6, 6.07) is 8.79. The van der Waals surface area contributed by atoms with Gasteiger partial charge in [-0.2, -0.15) is 4.58 Å². The standard InChI is InChI=1S/C50H60N2O20S5/c1-49(2)44(51(22-12-8-11-16-46(53)54)40-19-17-36-38(47(40)49)30-34(74(58,59)60)32-42(36)76(64,65)66)14-9-6-5-7-10-15-45-50(3,21-13-29-73(55,56)57)48-39-31-35(75(61,62)63)33-43(77(67,68)69)37(39)18-20-41(48)52(45)23-24-71-27-28-72-26-25-70-4/h5-7,9-10,14-15,17-20,30-33H,8,11-13,16,21-29H2,1-4H3,(H5-,53,54,55,56,57,58,59,60,61,62,63,64,65,66,67,68,69)/p-4. The molecule has 420 valence electrons. The number of hydrogen-bond donors (Lipinski definition) is 1. The van der Waals surface area contributed by atoms with E-state index in [1.165, 1.54) is 25.3 Å². The second-order valence-electron chi connectivity index (χ2n) is 18.9. The van der Waals surface area contributed by atoms with Crippen molar-refractivity contribution in [1.29, 1.82) is 0 Å². The minimum absolute atomic E-state index is 0.0488. The van der Waals surface area contributed by atoms with Gasteiger partial charge in [0, 0.05) is 72.1 Å². The Balaban J connectivity index is 1.43. The Morgan fingerprint density at radius 3 is 1.74 bits per heavy atom. The summed E-state index contributed by atoms with van der Waals surface area (Å²) in [4.78, 5) is 9.23. The first kappa shape index (κ1) is 61.0. The van der Waals surface area contributed by atoms with Crippen LogP contribution in [-0.2, 0) is 80.4 Å². The Labute approximate surface area is 447 Å². The van der Waals surface area contributed by atoms with E-state index >= 15 is 0 Å². The number of aliphatic carboxylic acids is 1. The molecule has 4 aromatic carbocycles. The lowest BCUT2D eigenvalue weighted by Gasteiger charge is -2.31. The van der Waals surface area contributed by atoms with Crippen LogP contribution in [0.1, 0.15) is 70.4 Å². The van der Waals surface area contributed by atoms with Gasteiger partial charge in [-0.25, -0.2) is 42.1 Å². The molecule has 0 radical (unpaired) electrons. The fraction of sp³-hybridized carbons (Fsp3) is 0.400. The molecule has 22 nitrogen and oxygen atoms in total. The van der Waals surface area contributed by atoms with Gasteiger partial charge in [0.2, 0.25) is 5.69 Å². The zero-order chi connectivity index (χ0) is 56.9. The molecule has 1 atom stereocenters. The number of carboxylic acids is 1. The molecule has 2 aliphatic heterocycles. The number of carbonyl (C=O) groups is 1. The number of carboxylic acid groups (broad SMARTS) is 1. The monoisotopic (exact) mass is 1160 g/mol. The van der Waals surface area contributed by atoms with Crippen molar-refractivity contribution in [2.24, 2.45) is 0 Å². The molecule has 0 aliphatic carbocycles. The molecule has 4 aromatic rings. The second kappa shape index (κ2) is 24.0. The van der Waals surface area contributed by atoms with Gasteiger partial charge in [-0.15, -0.1) is 0 Å². The van der Waals surface area contributed by atoms with Gasteiger partial charge in [0.05, 0.1) is 68.1 Å². The van der Waals surface area contributed by atoms with Gasteiger partial charge in [0.15, 0.2) is 5.71 Å². The number of hydrogen-bond acceptors (Lipinski definition) is 20. The van der Waals surface area contributed by atoms with Crippen LogP contribution in [0.15, 0.2) is 116 Å². The van der Waals surface area contributed by atoms with Gasteiger partial charge in [0.1, 0.15) is 47.0 Å². The summed E-state index contributed by atoms with van der Waals surface area (Å²) < 4.78 is 203. The average molecular weight is 1170 g/mol. The highest BCUT2D eigenvalue weighted by molar-refractivity contribution is 7.87. The van der Waals surface area contributed by atoms with Gasteiger partial charge < -0.3 is 47.0 Å². The van der Waals surface area contributed by atoms with Gasteiger partial charge in [-0.3, -0.25) is 4.79 Å². The van der Waals surface area contributed by atoms with Crippen molar-refractivity contribution in [1.82, 2.24) is 0 Å². The molecule has 0 spiro atoms. The number of allylic oxidation sites excluding steroid dienone is 8. The smallest absolute Gasteiger partial charge is 0.303 e. The molecular formula is C50H56N2O20S5-4. The highest BCUT2D eigenvalue weighted by Gasteiger charge is 2.47. The van der Waals surface area contributed by atoms with Crippen LogP contribution >= 0.6 is 0 Å². The predicted molar refractivity (Wildman–Crippen MR) is 276 cm³/mol. The summed E-state index contributed by atoms with van der Waals surface area (Å²) in [6.45, 7) is 6.78. The summed E-state index contributed by atoms with van der Waals surface area (Å²) in [6.07, 6.45) is 12.6. The Hall–Kier alpha value is -5.27. The van der Waals surface area contributed by atoms with E-state index in [1.54, 1.807) is 74.3 Å². The number of benzene rings is 4. The molecule has 0 saturated heterocycles. The van der Waals surface area contributed by atoms with Crippen molar-refractivity contribution in [3.63, 3.8) is 0 Å². The normalized spacial score (nSPS) is 17.8. The van der Waals surface area contributed by atoms with E-state index < -0.39 is 92.7 Å². The van der Waals surface area contributed by atoms with E-state index in [0.29, 0.717) is 79.5 Å². The molecule has 0 amide bonds. The Morgan fingerprint density at radius 1 is 0.636 bits per heavy atom. The molecule has 0 bridgehead atoms. The molecule has 6 rings (SSSR count). The predicted octanol–water partition coefficient (Wildman–Crippen LogP) is 4.97. The van der Waals surface area contributed by atoms with Crippen LogP contribution in [0.4, 0.5) is 11.4 Å². The number of unbranched alkanes of at least 4 members (excludes halogenated alkanes) is 2. The Kier molecular flexibility index (Phi) is 19.0. The van der Waals surface area contributed by atoms with E-state index in [4.69, 9.17) is 14.2 Å². The lowest BCUT2D eigenvalue weighted by molar-refractivity contribution is -0.438. The maximum Gasteiger partial charge on any atom is 0.303 e. The second-order valence-corrected chi connectivity index (χ2v) is 25.9. The van der Waals surface area contributed by atoms with Crippen LogP contribution in [-0.4, -0.2) is 145 Å². The number of anilines is 1. The third kappa shape index (κ3) is 14.3. The number of rotatable bonds is 27. The fourth-order valence-electron chi connectivity index (χ4n) is 10.0. The van der Waals surface area contributed by atoms with E-state index in [1.807, 2.05) is 4.58 Å². The maximum atomic E-state index is 12.6. The molecule has 0 fully saturated rings. The van der Waals surface area contributed by atoms with Crippen molar-refractivity contribution < 1.29 is 93.5 Å². The van der Waals surface area contributed by atoms with Crippen LogP contribution < -0.4 is 4.90 Å². The topological polar surface area (TPSA) is 357 Å². The minimum Gasteiger partial charge on any atom is -0.748 e. The SMILES string of the molecule is COCCOCCOCCN1/C(=C/C=C/C=C/C=C/C2=[N+](CCCCCC(=O)O)c3ccc4c(S(=O)(=O)[O-])cc(S(=O)(=O)[O-])cc4c3C2(C)C)C(C)(CCCS(=O)(=O)[O-])c2c1ccc1c(S(=O)(=O)[O-])cc(S(=O)(=O)[O-])cc21. The summed E-state index contributed by atoms with van der Waals surface area (Å²) >= 11 is 0. The molecule has 0 aromatic heterocycles. The maximum absolute atomic E-state index is 12.6. The molecule has 2 heterocycles. The first-order valence-electron chi connectivity index (χ1n) is 23.8. The van der Waals surface area contributed by atoms with Crippen LogP contribution in [0.3, 0.4) is 0 Å². The molecular weight excluding hydrogens is 1110 g/mol. The van der Waals surface area contributed by atoms with Crippen molar-refractivity contribution >= 4 is 95.2 Å². The number of nitrogens with zero attached hydrogens (tertiary/aromatic N) is 2. The number of fused-ring (bicyclic) bond motifs is 6. The zero-order valence-electron chi connectivity index (χ0n) is 42.2. The summed E-state index contributed by atoms with van der Waals surface area (Å²) in [5.74, 6) is -1.77. The molecule has 2 aliphatic rings. The Bertz CT molecular complexity index is 3700. The lowest BCUT2D eigenvalue weighted by atomic mass is 9.75. The van der Waals surface area contributed by atoms with E-state index in [2.05, 4.69) is 0 Å². The van der Waals surface area contributed by atoms with Gasteiger partial charge in [-0.05, 0) is 111 Å². The van der Waals surface area contributed by atoms with E-state index in [-0.39, 0.29) is 72.7 Å². The largest absolute Gasteiger partial charge is 0.748 e. The molecule has 77 heavy (non-hydrogen) atoms. The number of methoxy groups -OCH3 is 1. The highest BCUT2D eigenvalue weighted by atomic mass is 32.2. The van der Waals surface area contributed by atoms with Crippen molar-refractivity contribution in [2.45, 2.75) is 89.7 Å². The fourth-order valence-corrected chi connectivity index (χ4v) is 13.1. The van der Waals surface area contributed by atoms with Crippen molar-refractivity contribution in [3.8, 4) is 0 Å². The minimum atomic E-state index is -5.39. The summed E-state index contributed by atoms with van der Waals surface area (Å²) in [5.41, 5.74) is 0.234. The molecule has 27 heteroatoms. The lowest BCUT2D eigenvalue weighted by Crippen LogP contribution is -2.31. The quantitative estimate of drug-likeness (QED) is 0.0356. The van der Waals surface area contributed by atoms with Crippen LogP contribution in [0.5, 0.6) is 0 Å². The molecule has 0 saturated carbocycles. The van der Waals surface area contributed by atoms with Crippen molar-refractivity contribution in [3.05, 3.63) is 108 Å². The first-order chi connectivity index (χ1) is 35.8. The van der Waals surface area contributed by atoms with Crippen molar-refractivity contribution in [2.75, 3.05) is 63.9 Å². The van der Waals surface area contributed by atoms with Crippen LogP contribution in [0.25, 0.3) is 21.5 Å². The van der Waals surface area contributed by atoms with Crippen LogP contribution in [0.2, 0.25) is 0 Å². The van der Waals surface area contributed by atoms with Gasteiger partial charge in [0.25, 0.3) is 0 Å². The summed E-state index contributed by atoms with van der Waals surface area (Å²) in [5, 5.41) is 8.84. The molecule has 1 unspecified atom stereocenters. The van der Waals surface area contributed by atoms with Crippen LogP contribution in [0, 0.1) is 0 Å². The highest BCUT2D eigenvalue weighted by Crippen LogP contribution is 2.54. The summed E-state index contributed by atoms with van der Waals surface area (Å²) in [7, 11) is -24.5. The third-order valence-electron chi connectivity index (χ3n) is 13.3. The van der Waals surface area contributed by atoms with Gasteiger partial charge in [-0.1, -0.05) is 36.4 Å². The van der Waals surface area contributed by atoms with Gasteiger partial charge >= 0.3 is 5.97 Å². The third-order valence-corrected chi connectivity index (χ3v) is 17.5. The zero-order valence-corrected chi connectivity index (χ0v) is 46.3. The first-order valence-corrected chi connectivity index (χ1v) is 31.0. The van der Waals surface area contributed by atoms with E-state index in [0.717, 1.165) is 12.1 Å². The van der Waals surface area contributed by atoms with E-state index in [9.17, 15) is 74.8 Å². The molecule has 1 N–H and O–H groups in total. The average Bonchev–Trinajstić information content (AvgIpc) is 3.70. The number of ether oxygens (including phenoxy) is 3. The Morgan fingerprint density at radius 2 is 1.18 bits per heavy atom.